The summed E-state index contributed by atoms with van der Waals surface area (Å²) in [6.45, 7) is 10.7. The lowest BCUT2D eigenvalue weighted by Crippen LogP contribution is -2.58. The molecule has 1 aliphatic heterocycles. The van der Waals surface area contributed by atoms with E-state index in [1.54, 1.807) is 0 Å². The van der Waals surface area contributed by atoms with Gasteiger partial charge in [0.2, 0.25) is 0 Å². The van der Waals surface area contributed by atoms with Crippen LogP contribution in [0.1, 0.15) is 39.5 Å². The first-order valence-corrected chi connectivity index (χ1v) is 7.90. The zero-order valence-electron chi connectivity index (χ0n) is 12.5. The fourth-order valence-electron chi connectivity index (χ4n) is 3.66. The fraction of sp³-hybridized carbons (Fsp3) is 1.00. The van der Waals surface area contributed by atoms with Crippen LogP contribution in [0.25, 0.3) is 0 Å². The van der Waals surface area contributed by atoms with Gasteiger partial charge in [0, 0.05) is 38.3 Å². The first-order valence-electron chi connectivity index (χ1n) is 7.90. The van der Waals surface area contributed by atoms with Gasteiger partial charge < -0.3 is 10.2 Å². The van der Waals surface area contributed by atoms with Crippen LogP contribution in [0.15, 0.2) is 0 Å². The molecule has 2 fully saturated rings. The predicted octanol–water partition coefficient (Wildman–Crippen LogP) is 1.79. The summed E-state index contributed by atoms with van der Waals surface area (Å²) in [6, 6.07) is 1.53. The molecule has 1 heterocycles. The molecule has 3 heteroatoms. The minimum atomic E-state index is 0.737. The third kappa shape index (κ3) is 3.46. The van der Waals surface area contributed by atoms with Gasteiger partial charge in [-0.2, -0.15) is 0 Å². The zero-order valence-corrected chi connectivity index (χ0v) is 12.5. The Labute approximate surface area is 113 Å². The number of nitrogens with one attached hydrogen (secondary N) is 1. The number of likely N-dealkylation sites (N-methyl/N-ethyl adjacent to an activating group) is 2. The van der Waals surface area contributed by atoms with Gasteiger partial charge in [-0.1, -0.05) is 20.3 Å². The van der Waals surface area contributed by atoms with Gasteiger partial charge >= 0.3 is 0 Å². The quantitative estimate of drug-likeness (QED) is 0.824. The minimum Gasteiger partial charge on any atom is -0.313 e. The summed E-state index contributed by atoms with van der Waals surface area (Å²) in [6.07, 6.45) is 5.59. The van der Waals surface area contributed by atoms with E-state index in [-0.39, 0.29) is 0 Å². The molecule has 1 aliphatic carbocycles. The van der Waals surface area contributed by atoms with Crippen molar-refractivity contribution in [3.05, 3.63) is 0 Å². The summed E-state index contributed by atoms with van der Waals surface area (Å²) in [5, 5.41) is 3.73. The van der Waals surface area contributed by atoms with Crippen molar-refractivity contribution in [3.8, 4) is 0 Å². The summed E-state index contributed by atoms with van der Waals surface area (Å²) in [5.74, 6) is 0.963. The highest BCUT2D eigenvalue weighted by atomic mass is 15.3. The molecule has 0 bridgehead atoms. The highest BCUT2D eigenvalue weighted by molar-refractivity contribution is 4.92. The van der Waals surface area contributed by atoms with Crippen LogP contribution in [0, 0.1) is 5.92 Å². The number of rotatable bonds is 4. The largest absolute Gasteiger partial charge is 0.313 e. The second kappa shape index (κ2) is 6.88. The number of hydrogen-bond acceptors (Lipinski definition) is 3. The molecule has 0 aromatic heterocycles. The average molecular weight is 253 g/mol. The Morgan fingerprint density at radius 2 is 1.78 bits per heavy atom. The third-order valence-corrected chi connectivity index (χ3v) is 4.98. The standard InChI is InChI=1S/C15H31N3/c1-4-13-6-7-14(16-5-2)15(12-13)18-10-8-17(3)9-11-18/h13-16H,4-12H2,1-3H3. The van der Waals surface area contributed by atoms with Crippen molar-refractivity contribution in [2.45, 2.75) is 51.6 Å². The van der Waals surface area contributed by atoms with Gasteiger partial charge in [0.05, 0.1) is 0 Å². The molecule has 2 rings (SSSR count). The molecular formula is C15H31N3. The highest BCUT2D eigenvalue weighted by Crippen LogP contribution is 2.30. The molecule has 18 heavy (non-hydrogen) atoms. The van der Waals surface area contributed by atoms with Gasteiger partial charge in [-0.05, 0) is 38.8 Å². The molecule has 0 aromatic rings. The van der Waals surface area contributed by atoms with Gasteiger partial charge in [-0.25, -0.2) is 0 Å². The maximum atomic E-state index is 3.73. The molecule has 0 amide bonds. The van der Waals surface area contributed by atoms with E-state index in [1.165, 1.54) is 51.9 Å². The maximum absolute atomic E-state index is 3.73. The van der Waals surface area contributed by atoms with Gasteiger partial charge in [-0.3, -0.25) is 4.90 Å². The Hall–Kier alpha value is -0.120. The molecule has 3 nitrogen and oxygen atoms in total. The van der Waals surface area contributed by atoms with E-state index in [0.717, 1.165) is 24.5 Å². The molecule has 0 radical (unpaired) electrons. The summed E-state index contributed by atoms with van der Waals surface area (Å²) in [5.41, 5.74) is 0. The monoisotopic (exact) mass is 253 g/mol. The maximum Gasteiger partial charge on any atom is 0.0253 e. The van der Waals surface area contributed by atoms with E-state index in [2.05, 4.69) is 36.0 Å². The highest BCUT2D eigenvalue weighted by Gasteiger charge is 2.34. The lowest BCUT2D eigenvalue weighted by molar-refractivity contribution is 0.0555. The Morgan fingerprint density at radius 1 is 1.06 bits per heavy atom. The first-order chi connectivity index (χ1) is 8.74. The first kappa shape index (κ1) is 14.3. The van der Waals surface area contributed by atoms with Crippen LogP contribution in [0.5, 0.6) is 0 Å². The fourth-order valence-corrected chi connectivity index (χ4v) is 3.66. The van der Waals surface area contributed by atoms with Crippen molar-refractivity contribution < 1.29 is 0 Å². The molecular weight excluding hydrogens is 222 g/mol. The average Bonchev–Trinajstić information content (AvgIpc) is 2.40. The topological polar surface area (TPSA) is 18.5 Å². The van der Waals surface area contributed by atoms with E-state index in [0.29, 0.717) is 0 Å². The Morgan fingerprint density at radius 3 is 2.39 bits per heavy atom. The normalized spacial score (nSPS) is 35.8. The van der Waals surface area contributed by atoms with Crippen LogP contribution < -0.4 is 5.32 Å². The van der Waals surface area contributed by atoms with Gasteiger partial charge in [0.1, 0.15) is 0 Å². The van der Waals surface area contributed by atoms with E-state index < -0.39 is 0 Å². The van der Waals surface area contributed by atoms with Crippen molar-refractivity contribution in [1.82, 2.24) is 15.1 Å². The summed E-state index contributed by atoms with van der Waals surface area (Å²) < 4.78 is 0. The molecule has 1 saturated carbocycles. The van der Waals surface area contributed by atoms with Crippen molar-refractivity contribution >= 4 is 0 Å². The van der Waals surface area contributed by atoms with E-state index in [9.17, 15) is 0 Å². The Balaban J connectivity index is 1.95. The van der Waals surface area contributed by atoms with Crippen molar-refractivity contribution in [1.29, 1.82) is 0 Å². The smallest absolute Gasteiger partial charge is 0.0253 e. The third-order valence-electron chi connectivity index (χ3n) is 4.98. The van der Waals surface area contributed by atoms with Gasteiger partial charge in [0.15, 0.2) is 0 Å². The molecule has 106 valence electrons. The summed E-state index contributed by atoms with van der Waals surface area (Å²) in [4.78, 5) is 5.22. The summed E-state index contributed by atoms with van der Waals surface area (Å²) >= 11 is 0. The van der Waals surface area contributed by atoms with Gasteiger partial charge in [-0.15, -0.1) is 0 Å². The van der Waals surface area contributed by atoms with E-state index in [4.69, 9.17) is 0 Å². The van der Waals surface area contributed by atoms with Crippen LogP contribution in [0.4, 0.5) is 0 Å². The van der Waals surface area contributed by atoms with Crippen LogP contribution >= 0.6 is 0 Å². The molecule has 2 aliphatic rings. The molecule has 3 atom stereocenters. The Kier molecular flexibility index (Phi) is 5.46. The summed E-state index contributed by atoms with van der Waals surface area (Å²) in [7, 11) is 2.24. The van der Waals surface area contributed by atoms with Crippen molar-refractivity contribution in [2.24, 2.45) is 5.92 Å². The number of piperazine rings is 1. The lowest BCUT2D eigenvalue weighted by Gasteiger charge is -2.45. The Bertz CT molecular complexity index is 236. The minimum absolute atomic E-state index is 0.737. The van der Waals surface area contributed by atoms with Crippen LogP contribution in [-0.4, -0.2) is 61.7 Å². The van der Waals surface area contributed by atoms with Crippen LogP contribution in [0.2, 0.25) is 0 Å². The molecule has 0 spiro atoms. The van der Waals surface area contributed by atoms with E-state index >= 15 is 0 Å². The van der Waals surface area contributed by atoms with Crippen LogP contribution in [0.3, 0.4) is 0 Å². The van der Waals surface area contributed by atoms with E-state index in [1.807, 2.05) is 0 Å². The lowest BCUT2D eigenvalue weighted by atomic mass is 9.80. The molecule has 1 N–H and O–H groups in total. The number of hydrogen-bond donors (Lipinski definition) is 1. The molecule has 1 saturated heterocycles. The van der Waals surface area contributed by atoms with Crippen molar-refractivity contribution in [2.75, 3.05) is 39.8 Å². The van der Waals surface area contributed by atoms with Crippen LogP contribution in [-0.2, 0) is 0 Å². The zero-order chi connectivity index (χ0) is 13.0. The van der Waals surface area contributed by atoms with Crippen molar-refractivity contribution in [3.63, 3.8) is 0 Å². The molecule has 3 unspecified atom stereocenters. The molecule has 0 aromatic carbocycles. The second-order valence-corrected chi connectivity index (χ2v) is 6.16. The van der Waals surface area contributed by atoms with Gasteiger partial charge in [0.25, 0.3) is 0 Å². The second-order valence-electron chi connectivity index (χ2n) is 6.16. The predicted molar refractivity (Wildman–Crippen MR) is 78.0 cm³/mol. The number of nitrogens with zero attached hydrogens (tertiary/aromatic N) is 2. The SMILES string of the molecule is CCNC1CCC(CC)CC1N1CCN(C)CC1.